The number of ether oxygens (including phenoxy) is 2. The first-order valence-corrected chi connectivity index (χ1v) is 15.5. The summed E-state index contributed by atoms with van der Waals surface area (Å²) in [6.07, 6.45) is 1.97. The van der Waals surface area contributed by atoms with E-state index in [-0.39, 0.29) is 29.3 Å². The topological polar surface area (TPSA) is 155 Å². The van der Waals surface area contributed by atoms with Crippen molar-refractivity contribution in [3.05, 3.63) is 77.4 Å². The third-order valence-electron chi connectivity index (χ3n) is 7.63. The number of amides is 2. The minimum Gasteiger partial charge on any atom is -0.467 e. The van der Waals surface area contributed by atoms with E-state index in [1.165, 1.54) is 12.0 Å². The van der Waals surface area contributed by atoms with Crippen LogP contribution in [0.2, 0.25) is 0 Å². The van der Waals surface area contributed by atoms with Crippen LogP contribution in [0.15, 0.2) is 64.4 Å². The smallest absolute Gasteiger partial charge is 0.408 e. The summed E-state index contributed by atoms with van der Waals surface area (Å²) in [6.45, 7) is 5.59. The van der Waals surface area contributed by atoms with Gasteiger partial charge in [-0.25, -0.2) is 9.59 Å². The number of fused-ring (bicyclic) bond motifs is 4. The van der Waals surface area contributed by atoms with E-state index >= 15 is 0 Å². The molecular weight excluding hydrogens is 596 g/mol. The number of benzene rings is 2. The molecule has 5 aromatic rings. The van der Waals surface area contributed by atoms with Gasteiger partial charge in [0.25, 0.3) is 5.22 Å². The Morgan fingerprint density at radius 1 is 1.09 bits per heavy atom. The van der Waals surface area contributed by atoms with Crippen LogP contribution in [0.25, 0.3) is 21.8 Å². The number of thioether (sulfide) groups is 1. The Morgan fingerprint density at radius 2 is 1.82 bits per heavy atom. The third-order valence-corrected chi connectivity index (χ3v) is 8.43. The number of esters is 1. The first-order valence-electron chi connectivity index (χ1n) is 14.6. The van der Waals surface area contributed by atoms with Crippen LogP contribution in [0.4, 0.5) is 4.79 Å². The van der Waals surface area contributed by atoms with E-state index in [1.807, 2.05) is 54.7 Å². The summed E-state index contributed by atoms with van der Waals surface area (Å²) in [5, 5.41) is 13.4. The number of carbonyl (C=O) groups is 3. The highest BCUT2D eigenvalue weighted by molar-refractivity contribution is 7.99. The third kappa shape index (κ3) is 6.53. The zero-order valence-electron chi connectivity index (χ0n) is 25.4. The number of nitrogens with zero attached hydrogens (tertiary/aromatic N) is 3. The number of carbonyl (C=O) groups excluding carboxylic acids is 3. The van der Waals surface area contributed by atoms with Gasteiger partial charge in [-0.3, -0.25) is 4.79 Å². The summed E-state index contributed by atoms with van der Waals surface area (Å²) in [5.74, 6) is -0.620. The molecule has 1 aliphatic heterocycles. The number of alkyl carbamates (subject to hydrolysis) is 1. The minimum atomic E-state index is -0.758. The van der Waals surface area contributed by atoms with E-state index in [0.717, 1.165) is 50.4 Å². The standard InChI is InChI=1S/C32H34N6O6S/c1-32(2,3)44-30(41)35-24(13-18-15-33-22-11-7-5-9-19(18)22)28-36-37-31(43-28)45-17-27(39)38-16-25-21(14-26(38)29(40)42-4)20-10-6-8-12-23(20)34-25/h5-12,15,24,26,33-34H,13-14,16-17H2,1-4H3,(H,35,41). The Labute approximate surface area is 263 Å². The molecule has 0 saturated carbocycles. The van der Waals surface area contributed by atoms with Crippen LogP contribution in [0.3, 0.4) is 0 Å². The predicted molar refractivity (Wildman–Crippen MR) is 167 cm³/mol. The Balaban J connectivity index is 1.18. The minimum absolute atomic E-state index is 0.0443. The fourth-order valence-electron chi connectivity index (χ4n) is 5.61. The number of aromatic nitrogens is 4. The lowest BCUT2D eigenvalue weighted by Gasteiger charge is -2.33. The monoisotopic (exact) mass is 630 g/mol. The first kappa shape index (κ1) is 30.3. The first-order chi connectivity index (χ1) is 21.6. The van der Waals surface area contributed by atoms with Gasteiger partial charge < -0.3 is 34.1 Å². The molecule has 0 radical (unpaired) electrons. The van der Waals surface area contributed by atoms with Crippen LogP contribution < -0.4 is 5.32 Å². The van der Waals surface area contributed by atoms with Crippen LogP contribution in [-0.4, -0.2) is 67.5 Å². The van der Waals surface area contributed by atoms with Gasteiger partial charge in [0.15, 0.2) is 0 Å². The second-order valence-electron chi connectivity index (χ2n) is 11.8. The fourth-order valence-corrected chi connectivity index (χ4v) is 6.27. The van der Waals surface area contributed by atoms with Crippen LogP contribution in [0, 0.1) is 0 Å². The maximum Gasteiger partial charge on any atom is 0.408 e. The number of methoxy groups -OCH3 is 1. The molecule has 6 rings (SSSR count). The molecule has 0 bridgehead atoms. The number of H-pyrrole nitrogens is 2. The molecule has 0 fully saturated rings. The van der Waals surface area contributed by atoms with Crippen molar-refractivity contribution in [3.63, 3.8) is 0 Å². The van der Waals surface area contributed by atoms with E-state index in [9.17, 15) is 14.4 Å². The van der Waals surface area contributed by atoms with E-state index in [2.05, 4.69) is 25.5 Å². The van der Waals surface area contributed by atoms with Crippen molar-refractivity contribution in [3.8, 4) is 0 Å². The van der Waals surface area contributed by atoms with Gasteiger partial charge >= 0.3 is 12.1 Å². The number of aromatic amines is 2. The summed E-state index contributed by atoms with van der Waals surface area (Å²) >= 11 is 1.06. The molecule has 13 heteroatoms. The summed E-state index contributed by atoms with van der Waals surface area (Å²) in [6, 6.07) is 14.3. The predicted octanol–water partition coefficient (Wildman–Crippen LogP) is 5.06. The zero-order chi connectivity index (χ0) is 31.7. The van der Waals surface area contributed by atoms with Gasteiger partial charge in [0, 0.05) is 46.5 Å². The Morgan fingerprint density at radius 3 is 2.58 bits per heavy atom. The van der Waals surface area contributed by atoms with Gasteiger partial charge in [-0.2, -0.15) is 0 Å². The van der Waals surface area contributed by atoms with Crippen LogP contribution >= 0.6 is 11.8 Å². The van der Waals surface area contributed by atoms with Crippen molar-refractivity contribution in [2.24, 2.45) is 0 Å². The van der Waals surface area contributed by atoms with Gasteiger partial charge in [0.1, 0.15) is 17.7 Å². The van der Waals surface area contributed by atoms with E-state index in [4.69, 9.17) is 13.9 Å². The average Bonchev–Trinajstić information content (AvgIpc) is 3.74. The average molecular weight is 631 g/mol. The molecule has 1 aliphatic rings. The second kappa shape index (κ2) is 12.3. The van der Waals surface area contributed by atoms with Crippen molar-refractivity contribution < 1.29 is 28.3 Å². The van der Waals surface area contributed by atoms with E-state index < -0.39 is 29.7 Å². The Kier molecular flexibility index (Phi) is 8.28. The quantitative estimate of drug-likeness (QED) is 0.158. The van der Waals surface area contributed by atoms with Gasteiger partial charge in [-0.1, -0.05) is 48.2 Å². The molecule has 0 spiro atoms. The van der Waals surface area contributed by atoms with Crippen molar-refractivity contribution in [2.45, 2.75) is 63.1 Å². The molecule has 12 nitrogen and oxygen atoms in total. The molecule has 4 heterocycles. The van der Waals surface area contributed by atoms with Gasteiger partial charge in [0.05, 0.1) is 19.4 Å². The van der Waals surface area contributed by atoms with Crippen molar-refractivity contribution >= 4 is 51.5 Å². The lowest BCUT2D eigenvalue weighted by atomic mass is 9.96. The maximum absolute atomic E-state index is 13.5. The summed E-state index contributed by atoms with van der Waals surface area (Å²) < 4.78 is 16.5. The SMILES string of the molecule is COC(=O)C1Cc2c([nH]c3ccccc23)CN1C(=O)CSc1nnc(C(Cc2c[nH]c3ccccc23)NC(=O)OC(C)(C)C)o1. The zero-order valence-corrected chi connectivity index (χ0v) is 26.2. The number of nitrogens with one attached hydrogen (secondary N) is 3. The van der Waals surface area contributed by atoms with Crippen LogP contribution in [0.5, 0.6) is 0 Å². The summed E-state index contributed by atoms with van der Waals surface area (Å²) in [5.41, 5.74) is 4.07. The molecule has 2 amide bonds. The van der Waals surface area contributed by atoms with E-state index in [1.54, 1.807) is 20.8 Å². The van der Waals surface area contributed by atoms with Gasteiger partial charge in [-0.05, 0) is 44.0 Å². The molecule has 2 aromatic carbocycles. The molecule has 3 N–H and O–H groups in total. The van der Waals surface area contributed by atoms with Crippen molar-refractivity contribution in [2.75, 3.05) is 12.9 Å². The van der Waals surface area contributed by atoms with Crippen molar-refractivity contribution in [1.82, 2.24) is 30.4 Å². The summed E-state index contributed by atoms with van der Waals surface area (Å²) in [7, 11) is 1.32. The molecule has 45 heavy (non-hydrogen) atoms. The molecule has 0 aliphatic carbocycles. The number of para-hydroxylation sites is 2. The van der Waals surface area contributed by atoms with Gasteiger partial charge in [0.2, 0.25) is 11.8 Å². The molecule has 2 atom stereocenters. The summed E-state index contributed by atoms with van der Waals surface area (Å²) in [4.78, 5) is 47.2. The highest BCUT2D eigenvalue weighted by atomic mass is 32.2. The van der Waals surface area contributed by atoms with Crippen molar-refractivity contribution in [1.29, 1.82) is 0 Å². The largest absolute Gasteiger partial charge is 0.467 e. The Hall–Kier alpha value is -4.78. The normalized spacial score (nSPS) is 15.6. The molecule has 0 saturated heterocycles. The number of rotatable bonds is 8. The number of hydrogen-bond donors (Lipinski definition) is 3. The highest BCUT2D eigenvalue weighted by Crippen LogP contribution is 2.32. The lowest BCUT2D eigenvalue weighted by molar-refractivity contribution is -0.153. The van der Waals surface area contributed by atoms with Crippen LogP contribution in [0.1, 0.15) is 49.5 Å². The molecule has 234 valence electrons. The second-order valence-corrected chi connectivity index (χ2v) is 12.8. The van der Waals surface area contributed by atoms with E-state index in [0.29, 0.717) is 12.8 Å². The van der Waals surface area contributed by atoms with Gasteiger partial charge in [-0.15, -0.1) is 10.2 Å². The highest BCUT2D eigenvalue weighted by Gasteiger charge is 2.37. The Bertz CT molecular complexity index is 1870. The molecular formula is C32H34N6O6S. The molecule has 3 aromatic heterocycles. The van der Waals surface area contributed by atoms with Crippen LogP contribution in [-0.2, 0) is 38.4 Å². The maximum atomic E-state index is 13.5. The lowest BCUT2D eigenvalue weighted by Crippen LogP contribution is -2.49. The molecule has 2 unspecified atom stereocenters. The number of hydrogen-bond acceptors (Lipinski definition) is 9. The fraction of sp³-hybridized carbons (Fsp3) is 0.344.